The summed E-state index contributed by atoms with van der Waals surface area (Å²) >= 11 is 0. The monoisotopic (exact) mass is 252 g/mol. The van der Waals surface area contributed by atoms with Crippen molar-refractivity contribution < 1.29 is 14.3 Å². The molecule has 3 nitrogen and oxygen atoms in total. The van der Waals surface area contributed by atoms with Crippen LogP contribution in [0.25, 0.3) is 0 Å². The Kier molecular flexibility index (Phi) is 8.01. The molecule has 0 aliphatic heterocycles. The number of hydrogen-bond donors (Lipinski definition) is 0. The summed E-state index contributed by atoms with van der Waals surface area (Å²) in [4.78, 5) is 23.7. The third-order valence-corrected chi connectivity index (χ3v) is 2.74. The molecule has 0 heterocycles. The minimum absolute atomic E-state index is 0.000197. The van der Waals surface area contributed by atoms with Gasteiger partial charge in [0.2, 0.25) is 5.78 Å². The Morgan fingerprint density at radius 2 is 1.89 bits per heavy atom. The molecule has 3 heteroatoms. The highest BCUT2D eigenvalue weighted by Crippen LogP contribution is 2.24. The molecule has 0 aliphatic carbocycles. The topological polar surface area (TPSA) is 43.4 Å². The molecule has 0 aliphatic rings. The van der Waals surface area contributed by atoms with Crippen LogP contribution in [0, 0.1) is 11.8 Å². The van der Waals surface area contributed by atoms with Gasteiger partial charge in [-0.05, 0) is 32.6 Å². The first-order chi connectivity index (χ1) is 8.47. The van der Waals surface area contributed by atoms with Gasteiger partial charge < -0.3 is 4.74 Å². The lowest BCUT2D eigenvalue weighted by Crippen LogP contribution is -2.31. The molecule has 0 N–H and O–H groups in total. The lowest BCUT2D eigenvalue weighted by Gasteiger charge is -2.21. The third-order valence-electron chi connectivity index (χ3n) is 2.74. The summed E-state index contributed by atoms with van der Waals surface area (Å²) in [5, 5.41) is 0. The molecule has 0 aromatic heterocycles. The van der Waals surface area contributed by atoms with Crippen LogP contribution < -0.4 is 0 Å². The van der Waals surface area contributed by atoms with Gasteiger partial charge in [0.05, 0.1) is 6.10 Å². The van der Waals surface area contributed by atoms with Gasteiger partial charge in [-0.3, -0.25) is 4.79 Å². The zero-order valence-electron chi connectivity index (χ0n) is 11.6. The first-order valence-electron chi connectivity index (χ1n) is 6.46. The van der Waals surface area contributed by atoms with Crippen LogP contribution in [0.4, 0.5) is 0 Å². The normalized spacial score (nSPS) is 13.8. The Hall–Kier alpha value is -1.38. The minimum atomic E-state index is -0.750. The fourth-order valence-corrected chi connectivity index (χ4v) is 1.90. The molecular formula is C15H24O3. The number of ether oxygens (including phenoxy) is 1. The van der Waals surface area contributed by atoms with Crippen molar-refractivity contribution >= 4 is 11.8 Å². The SMILES string of the molecule is C=CC[C@H](C(=O)C(=O)OC(C)C)[C@@H](C=C)CCC. The average molecular weight is 252 g/mol. The van der Waals surface area contributed by atoms with Crippen molar-refractivity contribution in [2.24, 2.45) is 11.8 Å². The first kappa shape index (κ1) is 16.6. The van der Waals surface area contributed by atoms with Crippen LogP contribution in [0.3, 0.4) is 0 Å². The molecule has 0 rings (SSSR count). The Labute approximate surface area is 110 Å². The summed E-state index contributed by atoms with van der Waals surface area (Å²) in [5.74, 6) is -1.62. The van der Waals surface area contributed by atoms with E-state index in [2.05, 4.69) is 13.2 Å². The van der Waals surface area contributed by atoms with E-state index in [1.165, 1.54) is 0 Å². The lowest BCUT2D eigenvalue weighted by molar-refractivity contribution is -0.159. The van der Waals surface area contributed by atoms with E-state index in [0.29, 0.717) is 6.42 Å². The molecule has 0 amide bonds. The van der Waals surface area contributed by atoms with Crippen LogP contribution in [-0.2, 0) is 14.3 Å². The molecule has 0 fully saturated rings. The van der Waals surface area contributed by atoms with Gasteiger partial charge in [-0.2, -0.15) is 0 Å². The zero-order chi connectivity index (χ0) is 14.1. The summed E-state index contributed by atoms with van der Waals surface area (Å²) in [7, 11) is 0. The summed E-state index contributed by atoms with van der Waals surface area (Å²) < 4.78 is 4.96. The van der Waals surface area contributed by atoms with E-state index in [4.69, 9.17) is 4.74 Å². The quantitative estimate of drug-likeness (QED) is 0.359. The number of rotatable bonds is 9. The van der Waals surface area contributed by atoms with Crippen LogP contribution >= 0.6 is 0 Å². The molecule has 18 heavy (non-hydrogen) atoms. The molecule has 0 spiro atoms. The second-order valence-electron chi connectivity index (χ2n) is 4.64. The molecule has 0 saturated heterocycles. The summed E-state index contributed by atoms with van der Waals surface area (Å²) in [6.07, 6.45) is 5.39. The van der Waals surface area contributed by atoms with E-state index in [1.807, 2.05) is 6.92 Å². The third kappa shape index (κ3) is 5.30. The van der Waals surface area contributed by atoms with E-state index in [9.17, 15) is 9.59 Å². The molecule has 0 aromatic rings. The predicted molar refractivity (Wildman–Crippen MR) is 73.1 cm³/mol. The molecule has 0 unspecified atom stereocenters. The summed E-state index contributed by atoms with van der Waals surface area (Å²) in [6.45, 7) is 12.9. The highest BCUT2D eigenvalue weighted by atomic mass is 16.5. The van der Waals surface area contributed by atoms with Crippen LogP contribution in [0.5, 0.6) is 0 Å². The number of allylic oxidation sites excluding steroid dienone is 2. The van der Waals surface area contributed by atoms with E-state index < -0.39 is 17.7 Å². The molecule has 0 radical (unpaired) electrons. The highest BCUT2D eigenvalue weighted by molar-refractivity contribution is 6.34. The number of carbonyl (C=O) groups excluding carboxylic acids is 2. The zero-order valence-corrected chi connectivity index (χ0v) is 11.6. The molecular weight excluding hydrogens is 228 g/mol. The smallest absolute Gasteiger partial charge is 0.375 e. The van der Waals surface area contributed by atoms with Gasteiger partial charge in [0.15, 0.2) is 0 Å². The summed E-state index contributed by atoms with van der Waals surface area (Å²) in [5.41, 5.74) is 0. The average Bonchev–Trinajstić information content (AvgIpc) is 2.31. The molecule has 0 saturated carbocycles. The van der Waals surface area contributed by atoms with E-state index in [0.717, 1.165) is 12.8 Å². The highest BCUT2D eigenvalue weighted by Gasteiger charge is 2.31. The van der Waals surface area contributed by atoms with E-state index in [-0.39, 0.29) is 12.0 Å². The van der Waals surface area contributed by atoms with Gasteiger partial charge in [-0.15, -0.1) is 13.2 Å². The van der Waals surface area contributed by atoms with Crippen molar-refractivity contribution in [3.05, 3.63) is 25.3 Å². The van der Waals surface area contributed by atoms with Gasteiger partial charge >= 0.3 is 5.97 Å². The lowest BCUT2D eigenvalue weighted by atomic mass is 9.83. The number of hydrogen-bond acceptors (Lipinski definition) is 3. The van der Waals surface area contributed by atoms with Crippen molar-refractivity contribution in [3.63, 3.8) is 0 Å². The van der Waals surface area contributed by atoms with Crippen molar-refractivity contribution in [3.8, 4) is 0 Å². The van der Waals surface area contributed by atoms with E-state index in [1.54, 1.807) is 26.0 Å². The van der Waals surface area contributed by atoms with Crippen molar-refractivity contribution in [1.29, 1.82) is 0 Å². The van der Waals surface area contributed by atoms with Crippen molar-refractivity contribution in [2.45, 2.75) is 46.1 Å². The molecule has 0 bridgehead atoms. The number of esters is 1. The summed E-state index contributed by atoms with van der Waals surface area (Å²) in [6, 6.07) is 0. The van der Waals surface area contributed by atoms with E-state index >= 15 is 0 Å². The number of ketones is 1. The fourth-order valence-electron chi connectivity index (χ4n) is 1.90. The largest absolute Gasteiger partial charge is 0.457 e. The van der Waals surface area contributed by atoms with Crippen LogP contribution in [0.1, 0.15) is 40.0 Å². The van der Waals surface area contributed by atoms with Crippen LogP contribution in [0.2, 0.25) is 0 Å². The molecule has 0 aromatic carbocycles. The minimum Gasteiger partial charge on any atom is -0.457 e. The van der Waals surface area contributed by atoms with Crippen molar-refractivity contribution in [2.75, 3.05) is 0 Å². The maximum atomic E-state index is 12.1. The number of Topliss-reactive ketones (excluding diaryl/α,β-unsaturated/α-hetero) is 1. The second-order valence-corrected chi connectivity index (χ2v) is 4.64. The Morgan fingerprint density at radius 1 is 1.28 bits per heavy atom. The fraction of sp³-hybridized carbons (Fsp3) is 0.600. The van der Waals surface area contributed by atoms with Gasteiger partial charge in [0.1, 0.15) is 0 Å². The maximum Gasteiger partial charge on any atom is 0.375 e. The first-order valence-corrected chi connectivity index (χ1v) is 6.46. The number of carbonyl (C=O) groups is 2. The molecule has 102 valence electrons. The predicted octanol–water partition coefficient (Wildman–Crippen LogP) is 3.30. The maximum absolute atomic E-state index is 12.1. The van der Waals surface area contributed by atoms with Gasteiger partial charge in [-0.25, -0.2) is 4.79 Å². The van der Waals surface area contributed by atoms with Crippen LogP contribution in [-0.4, -0.2) is 17.9 Å². The Balaban J connectivity index is 4.85. The van der Waals surface area contributed by atoms with Gasteiger partial charge in [-0.1, -0.05) is 25.5 Å². The Morgan fingerprint density at radius 3 is 2.28 bits per heavy atom. The second kappa shape index (κ2) is 8.67. The van der Waals surface area contributed by atoms with Gasteiger partial charge in [0.25, 0.3) is 0 Å². The Bertz CT molecular complexity index is 305. The van der Waals surface area contributed by atoms with Crippen molar-refractivity contribution in [1.82, 2.24) is 0 Å². The van der Waals surface area contributed by atoms with Gasteiger partial charge in [0, 0.05) is 5.92 Å². The van der Waals surface area contributed by atoms with Crippen LogP contribution in [0.15, 0.2) is 25.3 Å². The standard InChI is InChI=1S/C15H24O3/c1-6-9-12(8-3)13(10-7-2)14(16)15(17)18-11(4)5/h7-8,11-13H,2-3,6,9-10H2,1,4-5H3/t12-,13-/m0/s1. The molecule has 2 atom stereocenters.